The van der Waals surface area contributed by atoms with Crippen LogP contribution in [0.25, 0.3) is 10.9 Å². The van der Waals surface area contributed by atoms with Crippen LogP contribution in [0.4, 0.5) is 13.2 Å². The lowest BCUT2D eigenvalue weighted by molar-refractivity contribution is -0.137. The maximum Gasteiger partial charge on any atom is 0.416 e. The molecule has 3 N–H and O–H groups in total. The first kappa shape index (κ1) is 16.8. The second-order valence-electron chi connectivity index (χ2n) is 5.57. The Kier molecular flexibility index (Phi) is 4.08. The van der Waals surface area contributed by atoms with Crippen LogP contribution in [0, 0.1) is 0 Å². The van der Waals surface area contributed by atoms with E-state index in [1.54, 1.807) is 18.2 Å². The van der Waals surface area contributed by atoms with Crippen LogP contribution in [0.2, 0.25) is 0 Å². The minimum Gasteiger partial charge on any atom is -0.505 e. The van der Waals surface area contributed by atoms with E-state index in [4.69, 9.17) is 5.73 Å². The van der Waals surface area contributed by atoms with Crippen LogP contribution in [0.1, 0.15) is 27.2 Å². The number of nitrogens with zero attached hydrogens (tertiary/aromatic N) is 1. The highest BCUT2D eigenvalue weighted by molar-refractivity contribution is 6.01. The number of pyridine rings is 1. The molecule has 1 amide bonds. The van der Waals surface area contributed by atoms with Gasteiger partial charge in [0.05, 0.1) is 11.1 Å². The molecule has 1 aromatic heterocycles. The molecule has 0 atom stereocenters. The summed E-state index contributed by atoms with van der Waals surface area (Å²) in [4.78, 5) is 15.6. The topological polar surface area (TPSA) is 76.2 Å². The second-order valence-corrected chi connectivity index (χ2v) is 5.57. The summed E-state index contributed by atoms with van der Waals surface area (Å²) in [5.74, 6) is -1.08. The first-order chi connectivity index (χ1) is 11.8. The number of aromatic nitrogens is 1. The van der Waals surface area contributed by atoms with Crippen LogP contribution < -0.4 is 5.73 Å². The normalized spacial score (nSPS) is 11.6. The number of nitrogens with two attached hydrogens (primary N) is 1. The van der Waals surface area contributed by atoms with Gasteiger partial charge < -0.3 is 10.8 Å². The third-order valence-electron chi connectivity index (χ3n) is 3.83. The molecule has 128 valence electrons. The van der Waals surface area contributed by atoms with Crippen LogP contribution in [0.15, 0.2) is 48.5 Å². The van der Waals surface area contributed by atoms with Crippen molar-refractivity contribution in [3.63, 3.8) is 0 Å². The molecule has 0 radical (unpaired) electrons. The molecule has 4 nitrogen and oxygen atoms in total. The zero-order valence-corrected chi connectivity index (χ0v) is 12.8. The van der Waals surface area contributed by atoms with Gasteiger partial charge in [0, 0.05) is 17.5 Å². The first-order valence-corrected chi connectivity index (χ1v) is 7.33. The lowest BCUT2D eigenvalue weighted by Gasteiger charge is -2.09. The number of phenols is 1. The lowest BCUT2D eigenvalue weighted by Crippen LogP contribution is -2.11. The molecule has 1 heterocycles. The van der Waals surface area contributed by atoms with Crippen molar-refractivity contribution in [2.75, 3.05) is 0 Å². The molecule has 3 rings (SSSR count). The first-order valence-electron chi connectivity index (χ1n) is 7.33. The Morgan fingerprint density at radius 1 is 1.04 bits per heavy atom. The molecule has 0 aliphatic rings. The summed E-state index contributed by atoms with van der Waals surface area (Å²) in [6.45, 7) is 0. The fourth-order valence-corrected chi connectivity index (χ4v) is 2.53. The molecular formula is C18H13F3N2O2. The highest BCUT2D eigenvalue weighted by Crippen LogP contribution is 2.30. The molecule has 0 aliphatic carbocycles. The molecule has 0 spiro atoms. The highest BCUT2D eigenvalue weighted by Gasteiger charge is 2.29. The lowest BCUT2D eigenvalue weighted by atomic mass is 10.0. The zero-order chi connectivity index (χ0) is 18.2. The molecule has 0 saturated heterocycles. The fraction of sp³-hybridized carbons (Fsp3) is 0.111. The van der Waals surface area contributed by atoms with Crippen LogP contribution in [0.5, 0.6) is 5.75 Å². The Morgan fingerprint density at radius 3 is 2.28 bits per heavy atom. The van der Waals surface area contributed by atoms with Crippen LogP contribution in [-0.2, 0) is 12.6 Å². The number of rotatable bonds is 3. The van der Waals surface area contributed by atoms with Gasteiger partial charge in [-0.25, -0.2) is 4.98 Å². The van der Waals surface area contributed by atoms with E-state index in [0.717, 1.165) is 12.1 Å². The smallest absolute Gasteiger partial charge is 0.416 e. The summed E-state index contributed by atoms with van der Waals surface area (Å²) in [5, 5.41) is 10.8. The van der Waals surface area contributed by atoms with E-state index in [9.17, 15) is 23.1 Å². The minimum absolute atomic E-state index is 0.0355. The Balaban J connectivity index is 1.94. The van der Waals surface area contributed by atoms with Gasteiger partial charge in [-0.1, -0.05) is 24.3 Å². The number of hydrogen-bond donors (Lipinski definition) is 2. The van der Waals surface area contributed by atoms with Crippen molar-refractivity contribution in [2.45, 2.75) is 12.6 Å². The van der Waals surface area contributed by atoms with Gasteiger partial charge in [0.25, 0.3) is 5.91 Å². The van der Waals surface area contributed by atoms with Gasteiger partial charge in [-0.15, -0.1) is 0 Å². The van der Waals surface area contributed by atoms with E-state index in [1.807, 2.05) is 0 Å². The summed E-state index contributed by atoms with van der Waals surface area (Å²) in [5.41, 5.74) is 5.86. The maximum absolute atomic E-state index is 12.6. The summed E-state index contributed by atoms with van der Waals surface area (Å²) in [7, 11) is 0. The molecule has 0 saturated carbocycles. The number of amides is 1. The van der Waals surface area contributed by atoms with Crippen molar-refractivity contribution in [2.24, 2.45) is 5.73 Å². The molecule has 0 aliphatic heterocycles. The number of primary amides is 1. The molecular weight excluding hydrogens is 333 g/mol. The number of aromatic hydroxyl groups is 1. The van der Waals surface area contributed by atoms with Gasteiger partial charge in [-0.2, -0.15) is 13.2 Å². The van der Waals surface area contributed by atoms with E-state index >= 15 is 0 Å². The molecule has 3 aromatic rings. The quantitative estimate of drug-likeness (QED) is 0.760. The van der Waals surface area contributed by atoms with Crippen molar-refractivity contribution in [1.82, 2.24) is 4.98 Å². The number of alkyl halides is 3. The van der Waals surface area contributed by atoms with Crippen LogP contribution in [-0.4, -0.2) is 16.0 Å². The Bertz CT molecular complexity index is 951. The van der Waals surface area contributed by atoms with E-state index in [1.165, 1.54) is 18.2 Å². The third-order valence-corrected chi connectivity index (χ3v) is 3.83. The van der Waals surface area contributed by atoms with Gasteiger partial charge in [0.15, 0.2) is 5.75 Å². The minimum atomic E-state index is -4.38. The van der Waals surface area contributed by atoms with Gasteiger partial charge in [-0.3, -0.25) is 4.79 Å². The monoisotopic (exact) mass is 346 g/mol. The summed E-state index contributed by atoms with van der Waals surface area (Å²) in [6.07, 6.45) is -4.09. The van der Waals surface area contributed by atoms with Crippen molar-refractivity contribution in [3.05, 3.63) is 70.9 Å². The fourth-order valence-electron chi connectivity index (χ4n) is 2.53. The van der Waals surface area contributed by atoms with Gasteiger partial charge in [-0.05, 0) is 29.8 Å². The Labute approximate surface area is 140 Å². The van der Waals surface area contributed by atoms with Crippen molar-refractivity contribution in [3.8, 4) is 5.75 Å². The summed E-state index contributed by atoms with van der Waals surface area (Å²) < 4.78 is 37.8. The standard InChI is InChI=1S/C18H13F3N2O2/c19-18(20,21)12-5-1-10(2-6-12)9-13-7-3-11-4-8-14(17(22)25)16(24)15(11)23-13/h1-8,24H,9H2,(H2,22,25). The molecule has 0 unspecified atom stereocenters. The van der Waals surface area contributed by atoms with Crippen molar-refractivity contribution < 1.29 is 23.1 Å². The largest absolute Gasteiger partial charge is 0.505 e. The maximum atomic E-state index is 12.6. The van der Waals surface area contributed by atoms with Crippen molar-refractivity contribution >= 4 is 16.8 Å². The van der Waals surface area contributed by atoms with Crippen LogP contribution >= 0.6 is 0 Å². The summed E-state index contributed by atoms with van der Waals surface area (Å²) in [6, 6.07) is 11.2. The number of hydrogen-bond acceptors (Lipinski definition) is 3. The number of benzene rings is 2. The molecule has 2 aromatic carbocycles. The zero-order valence-electron chi connectivity index (χ0n) is 12.8. The number of carbonyl (C=O) groups excluding carboxylic acids is 1. The van der Waals surface area contributed by atoms with E-state index in [0.29, 0.717) is 16.6 Å². The predicted octanol–water partition coefficient (Wildman–Crippen LogP) is 3.65. The SMILES string of the molecule is NC(=O)c1ccc2ccc(Cc3ccc(C(F)(F)F)cc3)nc2c1O. The van der Waals surface area contributed by atoms with Crippen LogP contribution in [0.3, 0.4) is 0 Å². The Morgan fingerprint density at radius 2 is 1.68 bits per heavy atom. The molecule has 0 fully saturated rings. The number of halogens is 3. The van der Waals surface area contributed by atoms with Crippen molar-refractivity contribution in [1.29, 1.82) is 0 Å². The average Bonchev–Trinajstić information content (AvgIpc) is 2.55. The second kappa shape index (κ2) is 6.08. The molecule has 0 bridgehead atoms. The number of fused-ring (bicyclic) bond motifs is 1. The van der Waals surface area contributed by atoms with E-state index < -0.39 is 17.6 Å². The van der Waals surface area contributed by atoms with E-state index in [2.05, 4.69) is 4.98 Å². The molecule has 25 heavy (non-hydrogen) atoms. The van der Waals surface area contributed by atoms with Gasteiger partial charge in [0.2, 0.25) is 0 Å². The van der Waals surface area contributed by atoms with Gasteiger partial charge in [0.1, 0.15) is 5.52 Å². The Hall–Kier alpha value is -3.09. The summed E-state index contributed by atoms with van der Waals surface area (Å²) >= 11 is 0. The highest BCUT2D eigenvalue weighted by atomic mass is 19.4. The van der Waals surface area contributed by atoms with Gasteiger partial charge >= 0.3 is 6.18 Å². The molecule has 7 heteroatoms. The number of carbonyl (C=O) groups is 1. The predicted molar refractivity (Wildman–Crippen MR) is 86.2 cm³/mol. The average molecular weight is 346 g/mol. The third kappa shape index (κ3) is 3.40. The van der Waals surface area contributed by atoms with E-state index in [-0.39, 0.29) is 23.3 Å².